The topological polar surface area (TPSA) is 43.6 Å². The number of hydrogen-bond acceptors (Lipinski definition) is 4. The van der Waals surface area contributed by atoms with Crippen molar-refractivity contribution in [2.75, 3.05) is 0 Å². The number of para-hydroxylation sites is 3. The summed E-state index contributed by atoms with van der Waals surface area (Å²) in [5.74, 6) is 0.709. The lowest BCUT2D eigenvalue weighted by Gasteiger charge is -2.12. The number of nitrogens with zero attached hydrogens (tertiary/aromatic N) is 4. The van der Waals surface area contributed by atoms with Crippen molar-refractivity contribution in [2.45, 2.75) is 0 Å². The molecule has 0 N–H and O–H groups in total. The number of pyridine rings is 1. The fraction of sp³-hybridized carbons (Fsp3) is 0. The van der Waals surface area contributed by atoms with Crippen LogP contribution in [0.15, 0.2) is 194 Å². The predicted molar refractivity (Wildman–Crippen MR) is 244 cm³/mol. The van der Waals surface area contributed by atoms with Crippen molar-refractivity contribution in [1.82, 2.24) is 19.5 Å². The van der Waals surface area contributed by atoms with Gasteiger partial charge in [0.05, 0.1) is 33.6 Å². The van der Waals surface area contributed by atoms with E-state index in [1.807, 2.05) is 17.4 Å². The molecule has 0 bridgehead atoms. The summed E-state index contributed by atoms with van der Waals surface area (Å²) >= 11 is 1.81. The van der Waals surface area contributed by atoms with Crippen molar-refractivity contribution in [3.63, 3.8) is 0 Å². The van der Waals surface area contributed by atoms with Crippen LogP contribution in [0, 0.1) is 0 Å². The Labute approximate surface area is 338 Å². The van der Waals surface area contributed by atoms with Crippen LogP contribution in [0.2, 0.25) is 0 Å². The second kappa shape index (κ2) is 13.1. The lowest BCUT2D eigenvalue weighted by molar-refractivity contribution is 1.18. The van der Waals surface area contributed by atoms with Gasteiger partial charge < -0.3 is 4.57 Å². The molecule has 0 saturated heterocycles. The van der Waals surface area contributed by atoms with Gasteiger partial charge in [-0.1, -0.05) is 140 Å². The van der Waals surface area contributed by atoms with Crippen LogP contribution in [-0.4, -0.2) is 19.5 Å². The minimum absolute atomic E-state index is 0.709. The summed E-state index contributed by atoms with van der Waals surface area (Å²) in [5, 5.41) is 8.37. The molecule has 0 saturated carbocycles. The first-order valence-corrected chi connectivity index (χ1v) is 20.3. The molecule has 8 aromatic carbocycles. The second-order valence-corrected chi connectivity index (χ2v) is 15.8. The van der Waals surface area contributed by atoms with Crippen LogP contribution >= 0.6 is 11.3 Å². The van der Waals surface area contributed by atoms with Gasteiger partial charge in [-0.05, 0) is 54.6 Å². The molecule has 0 fully saturated rings. The van der Waals surface area contributed by atoms with E-state index >= 15 is 0 Å². The fourth-order valence-corrected chi connectivity index (χ4v) is 10.0. The normalized spacial score (nSPS) is 11.8. The number of hydrogen-bond donors (Lipinski definition) is 0. The third kappa shape index (κ3) is 5.11. The summed E-state index contributed by atoms with van der Waals surface area (Å²) in [4.78, 5) is 16.0. The van der Waals surface area contributed by atoms with E-state index in [1.54, 1.807) is 0 Å². The van der Waals surface area contributed by atoms with Gasteiger partial charge in [0.15, 0.2) is 5.82 Å². The Kier molecular flexibility index (Phi) is 7.37. The fourth-order valence-electron chi connectivity index (χ4n) is 8.78. The van der Waals surface area contributed by atoms with Gasteiger partial charge >= 0.3 is 0 Å². The van der Waals surface area contributed by atoms with Crippen LogP contribution in [0.25, 0.3) is 115 Å². The van der Waals surface area contributed by atoms with Gasteiger partial charge in [0.2, 0.25) is 0 Å². The van der Waals surface area contributed by atoms with Gasteiger partial charge in [-0.3, -0.25) is 0 Å². The van der Waals surface area contributed by atoms with E-state index in [4.69, 9.17) is 15.0 Å². The number of aromatic nitrogens is 4. The summed E-state index contributed by atoms with van der Waals surface area (Å²) in [6.45, 7) is 0. The summed E-state index contributed by atoms with van der Waals surface area (Å²) in [7, 11) is 0. The molecule has 4 heterocycles. The maximum absolute atomic E-state index is 5.42. The molecule has 0 atom stereocenters. The molecule has 0 radical (unpaired) electrons. The molecule has 0 spiro atoms. The van der Waals surface area contributed by atoms with E-state index in [2.05, 4.69) is 193 Å². The molecule has 4 nitrogen and oxygen atoms in total. The number of thiophene rings is 1. The summed E-state index contributed by atoms with van der Waals surface area (Å²) < 4.78 is 4.75. The molecule has 12 aromatic rings. The number of benzene rings is 8. The lowest BCUT2D eigenvalue weighted by Crippen LogP contribution is -1.96. The van der Waals surface area contributed by atoms with Crippen LogP contribution < -0.4 is 0 Å². The first-order valence-electron chi connectivity index (χ1n) is 19.5. The molecule has 270 valence electrons. The van der Waals surface area contributed by atoms with Crippen LogP contribution in [0.5, 0.6) is 0 Å². The maximum Gasteiger partial charge on any atom is 0.161 e. The van der Waals surface area contributed by atoms with E-state index in [0.29, 0.717) is 5.82 Å². The van der Waals surface area contributed by atoms with E-state index in [0.717, 1.165) is 66.8 Å². The van der Waals surface area contributed by atoms with Gasteiger partial charge in [-0.15, -0.1) is 11.3 Å². The summed E-state index contributed by atoms with van der Waals surface area (Å²) in [6, 6.07) is 68.8. The predicted octanol–water partition coefficient (Wildman–Crippen LogP) is 14.3. The zero-order valence-corrected chi connectivity index (χ0v) is 32.0. The van der Waals surface area contributed by atoms with E-state index in [-0.39, 0.29) is 0 Å². The van der Waals surface area contributed by atoms with Gasteiger partial charge in [0.25, 0.3) is 0 Å². The van der Waals surface area contributed by atoms with E-state index in [9.17, 15) is 0 Å². The van der Waals surface area contributed by atoms with E-state index in [1.165, 1.54) is 41.8 Å². The molecule has 58 heavy (non-hydrogen) atoms. The summed E-state index contributed by atoms with van der Waals surface area (Å²) in [6.07, 6.45) is 0. The first-order chi connectivity index (χ1) is 28.8. The molecular weight excluding hydrogens is 725 g/mol. The van der Waals surface area contributed by atoms with Crippen LogP contribution in [0.1, 0.15) is 0 Å². The largest absolute Gasteiger partial charge is 0.309 e. The smallest absolute Gasteiger partial charge is 0.161 e. The van der Waals surface area contributed by atoms with Gasteiger partial charge in [0, 0.05) is 75.0 Å². The molecule has 0 amide bonds. The molecular formula is C53H32N4S. The average molecular weight is 757 g/mol. The molecule has 4 aromatic heterocycles. The Balaban J connectivity index is 1.10. The Bertz CT molecular complexity index is 3550. The Morgan fingerprint density at radius 1 is 0.397 bits per heavy atom. The van der Waals surface area contributed by atoms with Crippen molar-refractivity contribution in [1.29, 1.82) is 0 Å². The molecule has 0 aliphatic rings. The molecule has 0 aliphatic carbocycles. The van der Waals surface area contributed by atoms with Crippen molar-refractivity contribution >= 4 is 75.0 Å². The first kappa shape index (κ1) is 32.7. The zero-order chi connectivity index (χ0) is 38.2. The number of fused-ring (bicyclic) bond motifs is 10. The Morgan fingerprint density at radius 3 is 1.86 bits per heavy atom. The minimum Gasteiger partial charge on any atom is -0.309 e. The minimum atomic E-state index is 0.709. The van der Waals surface area contributed by atoms with E-state index < -0.39 is 0 Å². The SMILES string of the molecule is c1ccc(-c2cc(-c3ccc4c(c3)c3ccccc3n4-c3ccccc3)nc(-c3cccc4c3sc3ccc5c(-c6ccccc6)nc6ccccc6c5c34)n2)cc1. The van der Waals surface area contributed by atoms with Crippen LogP contribution in [0.3, 0.4) is 0 Å². The van der Waals surface area contributed by atoms with Crippen molar-refractivity contribution < 1.29 is 0 Å². The monoisotopic (exact) mass is 756 g/mol. The molecule has 0 unspecified atom stereocenters. The third-order valence-corrected chi connectivity index (χ3v) is 12.6. The van der Waals surface area contributed by atoms with Crippen molar-refractivity contribution in [3.05, 3.63) is 194 Å². The lowest BCUT2D eigenvalue weighted by atomic mass is 9.96. The molecule has 0 aliphatic heterocycles. The van der Waals surface area contributed by atoms with Crippen molar-refractivity contribution in [3.8, 4) is 50.8 Å². The molecule has 12 rings (SSSR count). The third-order valence-electron chi connectivity index (χ3n) is 11.4. The van der Waals surface area contributed by atoms with Gasteiger partial charge in [0.1, 0.15) is 0 Å². The second-order valence-electron chi connectivity index (χ2n) is 14.7. The van der Waals surface area contributed by atoms with Crippen LogP contribution in [0.4, 0.5) is 0 Å². The highest BCUT2D eigenvalue weighted by Crippen LogP contribution is 2.46. The quantitative estimate of drug-likeness (QED) is 0.164. The standard InChI is InChI=1S/C53H32N4S/c1-4-15-33(16-5-1)44-32-45(35-27-29-47-42(31-35)37-21-11-13-26-46(37)57(47)36-19-8-3-9-20-36)56-53(55-44)41-24-14-23-40-50-48(58-52(40)41)30-28-39-49(50)38-22-10-12-25-43(38)54-51(39)34-17-6-2-7-18-34/h1-32H. The Hall–Kier alpha value is -7.47. The Morgan fingerprint density at radius 2 is 1.05 bits per heavy atom. The van der Waals surface area contributed by atoms with Gasteiger partial charge in [-0.2, -0.15) is 0 Å². The van der Waals surface area contributed by atoms with Crippen LogP contribution in [-0.2, 0) is 0 Å². The van der Waals surface area contributed by atoms with Crippen molar-refractivity contribution in [2.24, 2.45) is 0 Å². The number of rotatable bonds is 5. The average Bonchev–Trinajstić information content (AvgIpc) is 3.85. The van der Waals surface area contributed by atoms with Gasteiger partial charge in [-0.25, -0.2) is 15.0 Å². The highest BCUT2D eigenvalue weighted by atomic mass is 32.1. The molecule has 5 heteroatoms. The highest BCUT2D eigenvalue weighted by Gasteiger charge is 2.20. The highest BCUT2D eigenvalue weighted by molar-refractivity contribution is 7.26. The zero-order valence-electron chi connectivity index (χ0n) is 31.2. The summed E-state index contributed by atoms with van der Waals surface area (Å²) in [5.41, 5.74) is 11.5. The maximum atomic E-state index is 5.42.